The van der Waals surface area contributed by atoms with Crippen molar-refractivity contribution in [3.05, 3.63) is 29.3 Å². The van der Waals surface area contributed by atoms with Crippen molar-refractivity contribution in [1.29, 1.82) is 0 Å². The van der Waals surface area contributed by atoms with Gasteiger partial charge in [0.2, 0.25) is 5.91 Å². The van der Waals surface area contributed by atoms with Crippen molar-refractivity contribution in [2.24, 2.45) is 0 Å². The van der Waals surface area contributed by atoms with Crippen molar-refractivity contribution in [1.82, 2.24) is 29.5 Å². The number of anilines is 1. The Morgan fingerprint density at radius 3 is 2.38 bits per heavy atom. The fourth-order valence-electron chi connectivity index (χ4n) is 3.69. The third-order valence-electron chi connectivity index (χ3n) is 5.16. The zero-order valence-electron chi connectivity index (χ0n) is 17.0. The first-order chi connectivity index (χ1) is 13.9. The summed E-state index contributed by atoms with van der Waals surface area (Å²) in [6.07, 6.45) is -0.412. The van der Waals surface area contributed by atoms with Gasteiger partial charge in [-0.2, -0.15) is 5.10 Å². The Morgan fingerprint density at radius 2 is 1.76 bits per heavy atom. The van der Waals surface area contributed by atoms with Gasteiger partial charge < -0.3 is 14.5 Å². The maximum Gasteiger partial charge on any atom is 0.410 e. The van der Waals surface area contributed by atoms with Crippen molar-refractivity contribution in [3.8, 4) is 5.82 Å². The Labute approximate surface area is 169 Å². The molecule has 2 aromatic heterocycles. The van der Waals surface area contributed by atoms with E-state index >= 15 is 0 Å². The Morgan fingerprint density at radius 1 is 1.03 bits per heavy atom. The number of hydrogen-bond acceptors (Lipinski definition) is 7. The van der Waals surface area contributed by atoms with Crippen molar-refractivity contribution in [3.63, 3.8) is 0 Å². The topological polar surface area (TPSA) is 96.7 Å². The van der Waals surface area contributed by atoms with Crippen LogP contribution in [0.2, 0.25) is 0 Å². The van der Waals surface area contributed by atoms with Gasteiger partial charge in [-0.1, -0.05) is 0 Å². The number of carbonyl (C=O) groups excluding carboxylic acids is 2. The maximum absolute atomic E-state index is 12.5. The van der Waals surface area contributed by atoms with Crippen LogP contribution in [0.3, 0.4) is 0 Å². The molecule has 10 heteroatoms. The predicted molar refractivity (Wildman–Crippen MR) is 105 cm³/mol. The summed E-state index contributed by atoms with van der Waals surface area (Å²) in [5.41, 5.74) is 1.96. The normalized spacial score (nSPS) is 17.1. The molecular weight excluding hydrogens is 374 g/mol. The SMILES string of the molecule is Cc1cc(C)n(-c2cc(N3CCN(C(=O)CN4CCOC4=O)CC3)nc(C)n2)n1. The van der Waals surface area contributed by atoms with Crippen molar-refractivity contribution in [2.75, 3.05) is 50.8 Å². The van der Waals surface area contributed by atoms with Gasteiger partial charge in [0.05, 0.1) is 12.2 Å². The molecule has 10 nitrogen and oxygen atoms in total. The molecular formula is C19H25N7O3. The number of ether oxygens (including phenoxy) is 1. The monoisotopic (exact) mass is 399 g/mol. The van der Waals surface area contributed by atoms with Crippen molar-refractivity contribution in [2.45, 2.75) is 20.8 Å². The van der Waals surface area contributed by atoms with E-state index in [9.17, 15) is 9.59 Å². The van der Waals surface area contributed by atoms with E-state index in [0.717, 1.165) is 23.0 Å². The number of aryl methyl sites for hydroxylation is 3. The second kappa shape index (κ2) is 7.69. The smallest absolute Gasteiger partial charge is 0.410 e. The summed E-state index contributed by atoms with van der Waals surface area (Å²) >= 11 is 0. The van der Waals surface area contributed by atoms with E-state index in [1.165, 1.54) is 4.90 Å². The van der Waals surface area contributed by atoms with Gasteiger partial charge >= 0.3 is 6.09 Å². The highest BCUT2D eigenvalue weighted by Gasteiger charge is 2.28. The summed E-state index contributed by atoms with van der Waals surface area (Å²) in [5, 5.41) is 4.51. The van der Waals surface area contributed by atoms with Gasteiger partial charge in [-0.05, 0) is 26.8 Å². The molecule has 154 valence electrons. The van der Waals surface area contributed by atoms with Crippen LogP contribution in [0.4, 0.5) is 10.6 Å². The van der Waals surface area contributed by atoms with E-state index < -0.39 is 6.09 Å². The number of rotatable bonds is 4. The molecule has 2 aliphatic rings. The summed E-state index contributed by atoms with van der Waals surface area (Å²) in [5.74, 6) is 2.20. The summed E-state index contributed by atoms with van der Waals surface area (Å²) < 4.78 is 6.71. The van der Waals surface area contributed by atoms with Gasteiger partial charge in [-0.3, -0.25) is 9.69 Å². The van der Waals surface area contributed by atoms with E-state index in [2.05, 4.69) is 20.0 Å². The van der Waals surface area contributed by atoms with Gasteiger partial charge in [0.1, 0.15) is 24.8 Å². The van der Waals surface area contributed by atoms with Gasteiger partial charge in [-0.15, -0.1) is 0 Å². The summed E-state index contributed by atoms with van der Waals surface area (Å²) in [4.78, 5) is 38.5. The van der Waals surface area contributed by atoms with Gasteiger partial charge in [-0.25, -0.2) is 19.4 Å². The number of cyclic esters (lactones) is 1. The summed E-state index contributed by atoms with van der Waals surface area (Å²) in [7, 11) is 0. The third-order valence-corrected chi connectivity index (χ3v) is 5.16. The van der Waals surface area contributed by atoms with Crippen LogP contribution in [0.25, 0.3) is 5.82 Å². The van der Waals surface area contributed by atoms with Crippen LogP contribution in [0, 0.1) is 20.8 Å². The summed E-state index contributed by atoms with van der Waals surface area (Å²) in [6.45, 7) is 9.23. The fraction of sp³-hybridized carbons (Fsp3) is 0.526. The minimum Gasteiger partial charge on any atom is -0.448 e. The number of carbonyl (C=O) groups is 2. The lowest BCUT2D eigenvalue weighted by atomic mass is 10.3. The van der Waals surface area contributed by atoms with Gasteiger partial charge in [0.25, 0.3) is 0 Å². The number of hydrogen-bond donors (Lipinski definition) is 0. The second-order valence-electron chi connectivity index (χ2n) is 7.37. The van der Waals surface area contributed by atoms with Crippen molar-refractivity contribution >= 4 is 17.8 Å². The number of amides is 2. The zero-order valence-corrected chi connectivity index (χ0v) is 17.0. The Bertz CT molecular complexity index is 934. The molecule has 2 fully saturated rings. The van der Waals surface area contributed by atoms with Crippen LogP contribution in [0.5, 0.6) is 0 Å². The lowest BCUT2D eigenvalue weighted by Crippen LogP contribution is -2.51. The molecule has 2 amide bonds. The lowest BCUT2D eigenvalue weighted by Gasteiger charge is -2.36. The number of nitrogens with zero attached hydrogens (tertiary/aromatic N) is 7. The molecule has 0 aromatic carbocycles. The molecule has 0 aliphatic carbocycles. The molecule has 2 aliphatic heterocycles. The molecule has 0 spiro atoms. The van der Waals surface area contributed by atoms with E-state index in [-0.39, 0.29) is 12.5 Å². The molecule has 0 bridgehead atoms. The number of piperazine rings is 1. The second-order valence-corrected chi connectivity index (χ2v) is 7.37. The largest absolute Gasteiger partial charge is 0.448 e. The predicted octanol–water partition coefficient (Wildman–Crippen LogP) is 0.688. The highest BCUT2D eigenvalue weighted by molar-refractivity contribution is 5.83. The van der Waals surface area contributed by atoms with Crippen LogP contribution >= 0.6 is 0 Å². The van der Waals surface area contributed by atoms with Crippen LogP contribution in [0.15, 0.2) is 12.1 Å². The quantitative estimate of drug-likeness (QED) is 0.746. The first-order valence-electron chi connectivity index (χ1n) is 9.74. The van der Waals surface area contributed by atoms with E-state index in [1.807, 2.05) is 37.6 Å². The van der Waals surface area contributed by atoms with Gasteiger partial charge in [0.15, 0.2) is 5.82 Å². The average molecular weight is 399 g/mol. The molecule has 0 atom stereocenters. The highest BCUT2D eigenvalue weighted by atomic mass is 16.6. The highest BCUT2D eigenvalue weighted by Crippen LogP contribution is 2.19. The van der Waals surface area contributed by atoms with E-state index in [0.29, 0.717) is 45.2 Å². The number of aromatic nitrogens is 4. The molecule has 2 aromatic rings. The first-order valence-corrected chi connectivity index (χ1v) is 9.74. The summed E-state index contributed by atoms with van der Waals surface area (Å²) in [6, 6.07) is 3.95. The van der Waals surface area contributed by atoms with Crippen LogP contribution < -0.4 is 4.90 Å². The third kappa shape index (κ3) is 4.01. The molecule has 0 unspecified atom stereocenters. The molecule has 0 saturated carbocycles. The average Bonchev–Trinajstić information content (AvgIpc) is 3.25. The molecule has 4 heterocycles. The molecule has 4 rings (SSSR count). The fourth-order valence-corrected chi connectivity index (χ4v) is 3.69. The standard InChI is InChI=1S/C19H25N7O3/c1-13-10-14(2)26(22-13)17-11-16(20-15(3)21-17)23-4-6-24(7-5-23)18(27)12-25-8-9-29-19(25)28/h10-11H,4-9,12H2,1-3H3. The van der Waals surface area contributed by atoms with Crippen LogP contribution in [-0.2, 0) is 9.53 Å². The van der Waals surface area contributed by atoms with Gasteiger partial charge in [0, 0.05) is 37.9 Å². The Balaban J connectivity index is 1.42. The molecule has 0 radical (unpaired) electrons. The molecule has 29 heavy (non-hydrogen) atoms. The van der Waals surface area contributed by atoms with Crippen LogP contribution in [-0.4, -0.2) is 87.4 Å². The minimum absolute atomic E-state index is 0.0503. The maximum atomic E-state index is 12.5. The first kappa shape index (κ1) is 19.2. The Kier molecular flexibility index (Phi) is 5.08. The van der Waals surface area contributed by atoms with E-state index in [1.54, 1.807) is 4.90 Å². The Hall–Kier alpha value is -3.17. The lowest BCUT2D eigenvalue weighted by molar-refractivity contribution is -0.132. The zero-order chi connectivity index (χ0) is 20.5. The molecule has 2 saturated heterocycles. The van der Waals surface area contributed by atoms with E-state index in [4.69, 9.17) is 4.74 Å². The molecule has 0 N–H and O–H groups in total. The van der Waals surface area contributed by atoms with Crippen molar-refractivity contribution < 1.29 is 14.3 Å². The minimum atomic E-state index is -0.412. The van der Waals surface area contributed by atoms with Crippen LogP contribution in [0.1, 0.15) is 17.2 Å².